The number of aromatic nitrogens is 4. The number of nitrogens with zero attached hydrogens (tertiary/aromatic N) is 6. The minimum absolute atomic E-state index is 0.0975. The van der Waals surface area contributed by atoms with Gasteiger partial charge in [-0.1, -0.05) is 0 Å². The van der Waals surface area contributed by atoms with Crippen LogP contribution in [0.5, 0.6) is 5.75 Å². The average molecular weight is 466 g/mol. The fourth-order valence-electron chi connectivity index (χ4n) is 5.28. The molecule has 2 aliphatic rings. The van der Waals surface area contributed by atoms with Crippen molar-refractivity contribution in [2.75, 3.05) is 32.4 Å². The third kappa shape index (κ3) is 4.04. The molecule has 34 heavy (non-hydrogen) atoms. The van der Waals surface area contributed by atoms with Gasteiger partial charge in [0.25, 0.3) is 0 Å². The lowest BCUT2D eigenvalue weighted by molar-refractivity contribution is 0.0515. The van der Waals surface area contributed by atoms with Gasteiger partial charge >= 0.3 is 7.05 Å². The lowest BCUT2D eigenvalue weighted by Gasteiger charge is -2.39. The molecule has 1 saturated carbocycles. The third-order valence-corrected chi connectivity index (χ3v) is 6.91. The maximum absolute atomic E-state index is 15.2. The van der Waals surface area contributed by atoms with Crippen molar-refractivity contribution in [2.45, 2.75) is 31.5 Å². The summed E-state index contributed by atoms with van der Waals surface area (Å²) in [6.07, 6.45) is 4.98. The maximum Gasteiger partial charge on any atom is 0.376 e. The number of imidazole rings is 1. The van der Waals surface area contributed by atoms with E-state index in [-0.39, 0.29) is 24.8 Å². The molecule has 0 spiro atoms. The van der Waals surface area contributed by atoms with E-state index in [0.29, 0.717) is 23.8 Å². The van der Waals surface area contributed by atoms with E-state index in [2.05, 4.69) is 15.2 Å². The molecule has 4 atom stereocenters. The predicted molar refractivity (Wildman–Crippen MR) is 127 cm³/mol. The molecule has 5 rings (SSSR count). The molecule has 1 aliphatic carbocycles. The van der Waals surface area contributed by atoms with Gasteiger partial charge in [-0.15, -0.1) is 10.2 Å². The SMILES string of the molecule is COCOc1cc(-n2ccnc2)ccc1-c1ccc(N(C)[C@@H]2C3CC([C@H]2F)N(B(C)O)C3)nn1. The number of hydrogen-bond donors (Lipinski definition) is 1. The molecule has 0 radical (unpaired) electrons. The molecular formula is C23H28BFN6O3. The van der Waals surface area contributed by atoms with Crippen LogP contribution in [0.15, 0.2) is 49.1 Å². The predicted octanol–water partition coefficient (Wildman–Crippen LogP) is 2.27. The number of alkyl halides is 1. The van der Waals surface area contributed by atoms with Crippen LogP contribution in [0, 0.1) is 5.92 Å². The molecule has 1 saturated heterocycles. The van der Waals surface area contributed by atoms with E-state index in [9.17, 15) is 5.02 Å². The van der Waals surface area contributed by atoms with Crippen LogP contribution in [-0.2, 0) is 4.74 Å². The average Bonchev–Trinajstić information content (AvgIpc) is 3.59. The summed E-state index contributed by atoms with van der Waals surface area (Å²) < 4.78 is 28.0. The fourth-order valence-corrected chi connectivity index (χ4v) is 5.28. The molecule has 9 nitrogen and oxygen atoms in total. The van der Waals surface area contributed by atoms with E-state index >= 15 is 4.39 Å². The van der Waals surface area contributed by atoms with Crippen molar-refractivity contribution >= 4 is 12.9 Å². The van der Waals surface area contributed by atoms with Gasteiger partial charge in [0.05, 0.1) is 23.8 Å². The number of fused-ring (bicyclic) bond motifs is 2. The molecule has 0 amide bonds. The minimum atomic E-state index is -1.05. The van der Waals surface area contributed by atoms with Crippen LogP contribution >= 0.6 is 0 Å². The van der Waals surface area contributed by atoms with Crippen LogP contribution in [0.25, 0.3) is 16.9 Å². The first-order chi connectivity index (χ1) is 16.5. The highest BCUT2D eigenvalue weighted by molar-refractivity contribution is 6.45. The molecule has 11 heteroatoms. The van der Waals surface area contributed by atoms with Crippen LogP contribution in [0.3, 0.4) is 0 Å². The number of ether oxygens (including phenoxy) is 2. The lowest BCUT2D eigenvalue weighted by atomic mass is 9.81. The number of benzene rings is 1. The van der Waals surface area contributed by atoms with Gasteiger partial charge in [0.15, 0.2) is 12.6 Å². The summed E-state index contributed by atoms with van der Waals surface area (Å²) in [5.41, 5.74) is 2.32. The standard InChI is InChI=1S/C23H28BFN6O3/c1-24(32)31-12-15-10-19(31)22(25)23(15)29(2)21-7-6-18(27-28-21)17-5-4-16(30-9-8-26-13-30)11-20(17)34-14-33-3/h4-9,11,13,15,19,22-23,32H,10,12,14H2,1-3H3/t15?,19?,22-,23-/m1/s1. The molecule has 3 aromatic rings. The van der Waals surface area contributed by atoms with E-state index in [0.717, 1.165) is 17.7 Å². The molecule has 2 fully saturated rings. The van der Waals surface area contributed by atoms with Gasteiger partial charge in [-0.05, 0) is 50.0 Å². The summed E-state index contributed by atoms with van der Waals surface area (Å²) in [4.78, 5) is 7.83. The van der Waals surface area contributed by atoms with Gasteiger partial charge in [-0.25, -0.2) is 9.37 Å². The van der Waals surface area contributed by atoms with Crippen LogP contribution < -0.4 is 9.64 Å². The Labute approximate surface area is 198 Å². The quantitative estimate of drug-likeness (QED) is 0.400. The zero-order valence-electron chi connectivity index (χ0n) is 19.5. The highest BCUT2D eigenvalue weighted by Crippen LogP contribution is 2.43. The van der Waals surface area contributed by atoms with Crippen LogP contribution in [0.1, 0.15) is 6.42 Å². The topological polar surface area (TPSA) is 88.8 Å². The number of methoxy groups -OCH3 is 1. The molecule has 1 N–H and O–H groups in total. The van der Waals surface area contributed by atoms with Gasteiger partial charge in [0.1, 0.15) is 11.9 Å². The second kappa shape index (κ2) is 9.32. The van der Waals surface area contributed by atoms with Crippen molar-refractivity contribution in [2.24, 2.45) is 5.92 Å². The van der Waals surface area contributed by atoms with E-state index in [4.69, 9.17) is 9.47 Å². The molecule has 178 valence electrons. The number of hydrogen-bond acceptors (Lipinski definition) is 8. The Kier molecular flexibility index (Phi) is 6.24. The third-order valence-electron chi connectivity index (χ3n) is 6.91. The van der Waals surface area contributed by atoms with Crippen molar-refractivity contribution in [3.8, 4) is 22.7 Å². The molecule has 2 aromatic heterocycles. The largest absolute Gasteiger partial charge is 0.467 e. The number of anilines is 1. The summed E-state index contributed by atoms with van der Waals surface area (Å²) >= 11 is 0. The summed E-state index contributed by atoms with van der Waals surface area (Å²) in [5, 5.41) is 18.8. The Morgan fingerprint density at radius 3 is 2.76 bits per heavy atom. The summed E-state index contributed by atoms with van der Waals surface area (Å²) in [7, 11) is 2.80. The molecule has 1 aliphatic heterocycles. The van der Waals surface area contributed by atoms with E-state index in [1.807, 2.05) is 57.9 Å². The lowest BCUT2D eigenvalue weighted by Crippen LogP contribution is -2.56. The zero-order chi connectivity index (χ0) is 23.8. The van der Waals surface area contributed by atoms with Crippen LogP contribution in [-0.4, -0.2) is 82.4 Å². The van der Waals surface area contributed by atoms with Gasteiger partial charge in [-0.2, -0.15) is 0 Å². The molecule has 2 unspecified atom stereocenters. The normalized spacial score (nSPS) is 23.9. The van der Waals surface area contributed by atoms with Gasteiger partial charge in [-0.3, -0.25) is 0 Å². The zero-order valence-corrected chi connectivity index (χ0v) is 19.5. The number of halogens is 1. The maximum atomic E-state index is 15.2. The second-order valence-corrected chi connectivity index (χ2v) is 8.92. The number of piperidine rings is 1. The monoisotopic (exact) mass is 466 g/mol. The molecular weight excluding hydrogens is 438 g/mol. The van der Waals surface area contributed by atoms with Gasteiger partial charge in [0.2, 0.25) is 0 Å². The van der Waals surface area contributed by atoms with Crippen molar-refractivity contribution in [3.05, 3.63) is 49.1 Å². The Morgan fingerprint density at radius 2 is 2.12 bits per heavy atom. The minimum Gasteiger partial charge on any atom is -0.467 e. The fraction of sp³-hybridized carbons (Fsp3) is 0.435. The Balaban J connectivity index is 1.37. The summed E-state index contributed by atoms with van der Waals surface area (Å²) in [6.45, 7) is 2.48. The Morgan fingerprint density at radius 1 is 1.26 bits per heavy atom. The first-order valence-corrected chi connectivity index (χ1v) is 11.4. The van der Waals surface area contributed by atoms with Gasteiger partial charge in [0, 0.05) is 44.2 Å². The van der Waals surface area contributed by atoms with Crippen molar-refractivity contribution < 1.29 is 18.9 Å². The summed E-state index contributed by atoms with van der Waals surface area (Å²) in [6, 6.07) is 8.97. The van der Waals surface area contributed by atoms with Gasteiger partial charge < -0.3 is 28.8 Å². The first-order valence-electron chi connectivity index (χ1n) is 11.4. The highest BCUT2D eigenvalue weighted by atomic mass is 19.1. The van der Waals surface area contributed by atoms with E-state index in [1.54, 1.807) is 26.5 Å². The Hall–Kier alpha value is -3.02. The smallest absolute Gasteiger partial charge is 0.376 e. The van der Waals surface area contributed by atoms with E-state index < -0.39 is 13.2 Å². The molecule has 3 heterocycles. The number of rotatable bonds is 8. The van der Waals surface area contributed by atoms with Crippen molar-refractivity contribution in [1.29, 1.82) is 0 Å². The van der Waals surface area contributed by atoms with Crippen LogP contribution in [0.2, 0.25) is 6.82 Å². The van der Waals surface area contributed by atoms with Crippen LogP contribution in [0.4, 0.5) is 10.2 Å². The van der Waals surface area contributed by atoms with Crippen molar-refractivity contribution in [1.82, 2.24) is 24.6 Å². The Bertz CT molecular complexity index is 1110. The first kappa shape index (κ1) is 22.8. The summed E-state index contributed by atoms with van der Waals surface area (Å²) in [5.74, 6) is 1.37. The van der Waals surface area contributed by atoms with E-state index in [1.165, 1.54) is 0 Å². The molecule has 1 aromatic carbocycles. The highest BCUT2D eigenvalue weighted by Gasteiger charge is 2.55. The molecule has 2 bridgehead atoms. The van der Waals surface area contributed by atoms with Crippen molar-refractivity contribution in [3.63, 3.8) is 0 Å². The second-order valence-electron chi connectivity index (χ2n) is 8.92.